The van der Waals surface area contributed by atoms with Gasteiger partial charge in [-0.3, -0.25) is 4.90 Å². The van der Waals surface area contributed by atoms with Crippen molar-refractivity contribution in [2.75, 3.05) is 44.7 Å². The standard InChI is InChI=1S/C14H20N6O/c1-2-11-12-13(15-3-1)16-10-17-14(12)20(18-11)5-4-19-6-8-21-9-7-19/h10H,1-9H2,(H,15,16,17). The summed E-state index contributed by atoms with van der Waals surface area (Å²) in [5, 5.41) is 9.27. The van der Waals surface area contributed by atoms with Crippen LogP contribution in [0.5, 0.6) is 0 Å². The van der Waals surface area contributed by atoms with Crippen LogP contribution in [0.1, 0.15) is 12.1 Å². The molecule has 0 saturated carbocycles. The summed E-state index contributed by atoms with van der Waals surface area (Å²) in [5.41, 5.74) is 2.09. The van der Waals surface area contributed by atoms with Crippen LogP contribution in [-0.2, 0) is 17.7 Å². The van der Waals surface area contributed by atoms with Gasteiger partial charge in [-0.1, -0.05) is 0 Å². The quantitative estimate of drug-likeness (QED) is 0.888. The Morgan fingerprint density at radius 3 is 3.00 bits per heavy atom. The number of hydrogen-bond donors (Lipinski definition) is 1. The lowest BCUT2D eigenvalue weighted by Crippen LogP contribution is -2.38. The lowest BCUT2D eigenvalue weighted by atomic mass is 10.2. The van der Waals surface area contributed by atoms with Crippen LogP contribution < -0.4 is 5.32 Å². The second-order valence-corrected chi connectivity index (χ2v) is 5.58. The van der Waals surface area contributed by atoms with Crippen LogP contribution >= 0.6 is 0 Å². The van der Waals surface area contributed by atoms with E-state index in [1.54, 1.807) is 6.33 Å². The Morgan fingerprint density at radius 1 is 1.19 bits per heavy atom. The fraction of sp³-hybridized carbons (Fsp3) is 0.643. The van der Waals surface area contributed by atoms with Crippen molar-refractivity contribution in [3.8, 4) is 0 Å². The van der Waals surface area contributed by atoms with Crippen molar-refractivity contribution in [3.63, 3.8) is 0 Å². The highest BCUT2D eigenvalue weighted by Gasteiger charge is 2.19. The largest absolute Gasteiger partial charge is 0.379 e. The minimum Gasteiger partial charge on any atom is -0.379 e. The van der Waals surface area contributed by atoms with Gasteiger partial charge in [0, 0.05) is 26.2 Å². The van der Waals surface area contributed by atoms with Crippen LogP contribution in [0.4, 0.5) is 5.82 Å². The highest BCUT2D eigenvalue weighted by molar-refractivity contribution is 5.89. The Hall–Kier alpha value is -1.73. The van der Waals surface area contributed by atoms with E-state index in [2.05, 4.69) is 20.2 Å². The third kappa shape index (κ3) is 2.47. The van der Waals surface area contributed by atoms with E-state index in [0.717, 1.165) is 81.3 Å². The fourth-order valence-electron chi connectivity index (χ4n) is 3.07. The van der Waals surface area contributed by atoms with Crippen molar-refractivity contribution in [1.82, 2.24) is 24.6 Å². The monoisotopic (exact) mass is 288 g/mol. The van der Waals surface area contributed by atoms with Gasteiger partial charge in [-0.15, -0.1) is 0 Å². The first kappa shape index (κ1) is 13.0. The number of aryl methyl sites for hydroxylation is 1. The summed E-state index contributed by atoms with van der Waals surface area (Å²) in [4.78, 5) is 11.2. The number of anilines is 1. The molecule has 2 aromatic rings. The van der Waals surface area contributed by atoms with E-state index in [0.29, 0.717) is 0 Å². The van der Waals surface area contributed by atoms with E-state index < -0.39 is 0 Å². The summed E-state index contributed by atoms with van der Waals surface area (Å²) in [6.45, 7) is 6.50. The molecule has 0 bridgehead atoms. The van der Waals surface area contributed by atoms with Crippen molar-refractivity contribution < 1.29 is 4.74 Å². The predicted molar refractivity (Wildman–Crippen MR) is 79.4 cm³/mol. The van der Waals surface area contributed by atoms with Crippen LogP contribution in [0, 0.1) is 0 Å². The average Bonchev–Trinajstić information content (AvgIpc) is 2.75. The molecule has 7 nitrogen and oxygen atoms in total. The normalized spacial score (nSPS) is 19.4. The number of rotatable bonds is 3. The molecule has 1 fully saturated rings. The van der Waals surface area contributed by atoms with E-state index in [4.69, 9.17) is 9.84 Å². The Morgan fingerprint density at radius 2 is 2.10 bits per heavy atom. The van der Waals surface area contributed by atoms with Crippen LogP contribution in [-0.4, -0.2) is 64.0 Å². The summed E-state index contributed by atoms with van der Waals surface area (Å²) in [5.74, 6) is 0.935. The Kier molecular flexibility index (Phi) is 3.44. The fourth-order valence-corrected chi connectivity index (χ4v) is 3.07. The Labute approximate surface area is 123 Å². The molecule has 0 unspecified atom stereocenters. The lowest BCUT2D eigenvalue weighted by Gasteiger charge is -2.26. The van der Waals surface area contributed by atoms with E-state index in [1.165, 1.54) is 0 Å². The van der Waals surface area contributed by atoms with Crippen molar-refractivity contribution in [1.29, 1.82) is 0 Å². The zero-order chi connectivity index (χ0) is 14.1. The zero-order valence-electron chi connectivity index (χ0n) is 12.1. The Balaban J connectivity index is 1.60. The van der Waals surface area contributed by atoms with Crippen LogP contribution in [0.15, 0.2) is 6.33 Å². The summed E-state index contributed by atoms with van der Waals surface area (Å²) in [7, 11) is 0. The average molecular weight is 288 g/mol. The molecule has 0 amide bonds. The van der Waals surface area contributed by atoms with Gasteiger partial charge in [0.25, 0.3) is 0 Å². The highest BCUT2D eigenvalue weighted by Crippen LogP contribution is 2.26. The van der Waals surface area contributed by atoms with E-state index >= 15 is 0 Å². The molecular formula is C14H20N6O. The number of hydrogen-bond acceptors (Lipinski definition) is 6. The minimum absolute atomic E-state index is 0.835. The number of morpholine rings is 1. The molecule has 0 atom stereocenters. The van der Waals surface area contributed by atoms with Crippen molar-refractivity contribution in [3.05, 3.63) is 12.0 Å². The molecule has 2 aromatic heterocycles. The molecule has 2 aliphatic heterocycles. The van der Waals surface area contributed by atoms with Crippen LogP contribution in [0.2, 0.25) is 0 Å². The maximum Gasteiger partial charge on any atom is 0.163 e. The number of ether oxygens (including phenoxy) is 1. The number of aromatic nitrogens is 4. The van der Waals surface area contributed by atoms with Crippen molar-refractivity contribution in [2.24, 2.45) is 0 Å². The van der Waals surface area contributed by atoms with Crippen molar-refractivity contribution >= 4 is 16.9 Å². The first-order valence-corrected chi connectivity index (χ1v) is 7.66. The molecule has 1 N–H and O–H groups in total. The first-order valence-electron chi connectivity index (χ1n) is 7.66. The van der Waals surface area contributed by atoms with Gasteiger partial charge < -0.3 is 10.1 Å². The molecule has 1 saturated heterocycles. The van der Waals surface area contributed by atoms with Gasteiger partial charge >= 0.3 is 0 Å². The zero-order valence-corrected chi connectivity index (χ0v) is 12.1. The molecule has 0 aromatic carbocycles. The molecule has 4 heterocycles. The van der Waals surface area contributed by atoms with Gasteiger partial charge in [0.2, 0.25) is 0 Å². The van der Waals surface area contributed by atoms with Crippen molar-refractivity contribution in [2.45, 2.75) is 19.4 Å². The summed E-state index contributed by atoms with van der Waals surface area (Å²) in [6, 6.07) is 0. The van der Waals surface area contributed by atoms with Gasteiger partial charge in [-0.2, -0.15) is 5.10 Å². The predicted octanol–water partition coefficient (Wildman–Crippen LogP) is 0.517. The number of nitrogens with one attached hydrogen (secondary N) is 1. The van der Waals surface area contributed by atoms with Crippen LogP contribution in [0.25, 0.3) is 11.0 Å². The maximum atomic E-state index is 5.39. The third-order valence-corrected chi connectivity index (χ3v) is 4.22. The summed E-state index contributed by atoms with van der Waals surface area (Å²) < 4.78 is 7.43. The molecule has 0 aliphatic carbocycles. The molecule has 7 heteroatoms. The minimum atomic E-state index is 0.835. The second kappa shape index (κ2) is 5.57. The van der Waals surface area contributed by atoms with E-state index in [1.807, 2.05) is 4.68 Å². The summed E-state index contributed by atoms with van der Waals surface area (Å²) >= 11 is 0. The van der Waals surface area contributed by atoms with Gasteiger partial charge in [0.15, 0.2) is 5.65 Å². The molecule has 4 rings (SSSR count). The topological polar surface area (TPSA) is 68.1 Å². The molecule has 21 heavy (non-hydrogen) atoms. The van der Waals surface area contributed by atoms with Gasteiger partial charge in [-0.25, -0.2) is 14.6 Å². The lowest BCUT2D eigenvalue weighted by molar-refractivity contribution is 0.0361. The van der Waals surface area contributed by atoms with Crippen LogP contribution in [0.3, 0.4) is 0 Å². The number of nitrogens with zero attached hydrogens (tertiary/aromatic N) is 5. The second-order valence-electron chi connectivity index (χ2n) is 5.58. The molecule has 2 aliphatic rings. The maximum absolute atomic E-state index is 5.39. The van der Waals surface area contributed by atoms with E-state index in [9.17, 15) is 0 Å². The third-order valence-electron chi connectivity index (χ3n) is 4.22. The van der Waals surface area contributed by atoms with Gasteiger partial charge in [-0.05, 0) is 12.8 Å². The van der Waals surface area contributed by atoms with Gasteiger partial charge in [0.1, 0.15) is 12.1 Å². The smallest absolute Gasteiger partial charge is 0.163 e. The summed E-state index contributed by atoms with van der Waals surface area (Å²) in [6.07, 6.45) is 3.72. The molecule has 0 radical (unpaired) electrons. The van der Waals surface area contributed by atoms with E-state index in [-0.39, 0.29) is 0 Å². The Bertz CT molecular complexity index is 634. The SMILES string of the molecule is c1nc2c3c(nn(CCN4CCOCC4)c3n1)CCCN2. The first-order chi connectivity index (χ1) is 10.4. The molecule has 112 valence electrons. The molecule has 0 spiro atoms. The highest BCUT2D eigenvalue weighted by atomic mass is 16.5. The molecular weight excluding hydrogens is 268 g/mol. The van der Waals surface area contributed by atoms with Gasteiger partial charge in [0.05, 0.1) is 30.8 Å².